The maximum absolute atomic E-state index is 12.8. The minimum absolute atomic E-state index is 0.00642. The fraction of sp³-hybridized carbons (Fsp3) is 0.304. The van der Waals surface area contributed by atoms with Gasteiger partial charge < -0.3 is 28.8 Å². The van der Waals surface area contributed by atoms with Crippen molar-refractivity contribution in [2.24, 2.45) is 0 Å². The molecule has 1 N–H and O–H groups in total. The Labute approximate surface area is 197 Å². The summed E-state index contributed by atoms with van der Waals surface area (Å²) in [5, 5.41) is 9.73. The molecule has 0 heterocycles. The van der Waals surface area contributed by atoms with Crippen molar-refractivity contribution < 1.29 is 46.8 Å². The van der Waals surface area contributed by atoms with E-state index in [1.54, 1.807) is 12.1 Å². The van der Waals surface area contributed by atoms with Gasteiger partial charge in [-0.25, -0.2) is 8.42 Å². The molecule has 10 nitrogen and oxygen atoms in total. The van der Waals surface area contributed by atoms with Gasteiger partial charge in [-0.05, 0) is 23.8 Å². The number of ether oxygens (including phenoxy) is 5. The Balaban J connectivity index is 2.27. The highest BCUT2D eigenvalue weighted by Crippen LogP contribution is 2.35. The van der Waals surface area contributed by atoms with Crippen molar-refractivity contribution in [3.63, 3.8) is 0 Å². The molecule has 0 amide bonds. The molecule has 2 rings (SSSR count). The van der Waals surface area contributed by atoms with Gasteiger partial charge in [-0.1, -0.05) is 6.07 Å². The number of benzene rings is 2. The van der Waals surface area contributed by atoms with E-state index in [-0.39, 0.29) is 17.9 Å². The molecule has 0 aliphatic rings. The van der Waals surface area contributed by atoms with Crippen LogP contribution in [0.3, 0.4) is 0 Å². The lowest BCUT2D eigenvalue weighted by molar-refractivity contribution is -0.142. The lowest BCUT2D eigenvalue weighted by Gasteiger charge is -2.12. The molecule has 0 unspecified atom stereocenters. The van der Waals surface area contributed by atoms with Crippen molar-refractivity contribution in [2.75, 3.05) is 28.4 Å². The topological polar surface area (TPSA) is 135 Å². The van der Waals surface area contributed by atoms with Gasteiger partial charge in [0.1, 0.15) is 17.2 Å². The van der Waals surface area contributed by atoms with Crippen molar-refractivity contribution >= 4 is 27.9 Å². The van der Waals surface area contributed by atoms with E-state index in [1.807, 2.05) is 0 Å². The van der Waals surface area contributed by atoms with Crippen LogP contribution in [0.2, 0.25) is 0 Å². The summed E-state index contributed by atoms with van der Waals surface area (Å²) in [6.07, 6.45) is 0.635. The highest BCUT2D eigenvalue weighted by molar-refractivity contribution is 7.93. The molecular weight excluding hydrogens is 468 g/mol. The summed E-state index contributed by atoms with van der Waals surface area (Å²) < 4.78 is 51.7. The van der Waals surface area contributed by atoms with Gasteiger partial charge in [0.15, 0.2) is 21.3 Å². The molecular formula is C23H26O10S. The summed E-state index contributed by atoms with van der Waals surface area (Å²) in [7, 11) is 1.96. The maximum Gasteiger partial charge on any atom is 0.311 e. The fourth-order valence-electron chi connectivity index (χ4n) is 2.92. The van der Waals surface area contributed by atoms with E-state index in [0.717, 1.165) is 5.41 Å². The Morgan fingerprint density at radius 2 is 1.47 bits per heavy atom. The average molecular weight is 495 g/mol. The van der Waals surface area contributed by atoms with Crippen molar-refractivity contribution in [1.29, 1.82) is 0 Å². The molecule has 0 spiro atoms. The molecule has 0 saturated heterocycles. The number of hydrogen-bond acceptors (Lipinski definition) is 9. The molecule has 2 aromatic carbocycles. The number of carboxylic acids is 1. The van der Waals surface area contributed by atoms with Gasteiger partial charge in [-0.3, -0.25) is 9.59 Å². The van der Waals surface area contributed by atoms with Gasteiger partial charge in [0.2, 0.25) is 0 Å². The number of esters is 1. The number of hydrogen-bond donors (Lipinski definition) is 1. The van der Waals surface area contributed by atoms with E-state index in [9.17, 15) is 18.0 Å². The molecule has 184 valence electrons. The van der Waals surface area contributed by atoms with Crippen molar-refractivity contribution in [1.82, 2.24) is 0 Å². The number of methoxy groups -OCH3 is 4. The summed E-state index contributed by atoms with van der Waals surface area (Å²) in [5.74, 6) is -0.905. The molecule has 0 aliphatic heterocycles. The highest BCUT2D eigenvalue weighted by atomic mass is 32.2. The van der Waals surface area contributed by atoms with E-state index in [4.69, 9.17) is 28.8 Å². The number of sulfone groups is 1. The van der Waals surface area contributed by atoms with E-state index in [2.05, 4.69) is 0 Å². The van der Waals surface area contributed by atoms with Gasteiger partial charge in [-0.15, -0.1) is 0 Å². The Hall–Kier alpha value is -3.73. The van der Waals surface area contributed by atoms with Crippen LogP contribution in [-0.4, -0.2) is 53.9 Å². The molecule has 34 heavy (non-hydrogen) atoms. The lowest BCUT2D eigenvalue weighted by atomic mass is 10.1. The summed E-state index contributed by atoms with van der Waals surface area (Å²) in [4.78, 5) is 22.5. The second kappa shape index (κ2) is 11.9. The SMILES string of the molecule is COc1cc(OC)c(/C=C/S(=O)(=O)Cc2ccc(OC)c(OC(=O)CCC(=O)O)c2)c(OC)c1. The summed E-state index contributed by atoms with van der Waals surface area (Å²) >= 11 is 0. The Kier molecular flexibility index (Phi) is 9.31. The average Bonchev–Trinajstić information content (AvgIpc) is 2.80. The minimum Gasteiger partial charge on any atom is -0.496 e. The number of carbonyl (C=O) groups is 2. The van der Waals surface area contributed by atoms with Gasteiger partial charge in [-0.2, -0.15) is 0 Å². The molecule has 11 heteroatoms. The molecule has 0 aliphatic carbocycles. The molecule has 0 bridgehead atoms. The largest absolute Gasteiger partial charge is 0.496 e. The molecule has 0 saturated carbocycles. The van der Waals surface area contributed by atoms with Gasteiger partial charge in [0, 0.05) is 17.5 Å². The van der Waals surface area contributed by atoms with E-state index in [1.165, 1.54) is 52.7 Å². The fourth-order valence-corrected chi connectivity index (χ4v) is 4.01. The number of aliphatic carboxylic acids is 1. The summed E-state index contributed by atoms with van der Waals surface area (Å²) in [6.45, 7) is 0. The summed E-state index contributed by atoms with van der Waals surface area (Å²) in [6, 6.07) is 7.54. The second-order valence-electron chi connectivity index (χ2n) is 6.91. The number of carbonyl (C=O) groups excluding carboxylic acids is 1. The minimum atomic E-state index is -3.77. The van der Waals surface area contributed by atoms with Crippen LogP contribution in [0, 0.1) is 0 Å². The second-order valence-corrected chi connectivity index (χ2v) is 8.80. The third-order valence-electron chi connectivity index (χ3n) is 4.56. The Bertz CT molecular complexity index is 1140. The standard InChI is InChI=1S/C23H26O10S/c1-29-16-12-19(31-3)17(20(13-16)32-4)9-10-34(27,28)14-15-5-6-18(30-2)21(11-15)33-23(26)8-7-22(24)25/h5-6,9-13H,7-8,14H2,1-4H3,(H,24,25)/b10-9+. The molecule has 0 radical (unpaired) electrons. The smallest absolute Gasteiger partial charge is 0.311 e. The van der Waals surface area contributed by atoms with Crippen molar-refractivity contribution in [3.05, 3.63) is 46.9 Å². The van der Waals surface area contributed by atoms with Crippen LogP contribution in [0.4, 0.5) is 0 Å². The highest BCUT2D eigenvalue weighted by Gasteiger charge is 2.17. The number of carboxylic acid groups (broad SMARTS) is 1. The predicted molar refractivity (Wildman–Crippen MR) is 123 cm³/mol. The normalized spacial score (nSPS) is 11.2. The number of rotatable bonds is 12. The first kappa shape index (κ1) is 26.5. The van der Waals surface area contributed by atoms with Crippen LogP contribution < -0.4 is 23.7 Å². The van der Waals surface area contributed by atoms with Crippen LogP contribution >= 0.6 is 0 Å². The Morgan fingerprint density at radius 1 is 0.853 bits per heavy atom. The predicted octanol–water partition coefficient (Wildman–Crippen LogP) is 3.08. The quantitative estimate of drug-likeness (QED) is 0.346. The molecule has 2 aromatic rings. The zero-order valence-corrected chi connectivity index (χ0v) is 20.0. The molecule has 0 aromatic heterocycles. The lowest BCUT2D eigenvalue weighted by Crippen LogP contribution is -2.11. The van der Waals surface area contributed by atoms with Crippen LogP contribution in [0.15, 0.2) is 35.7 Å². The van der Waals surface area contributed by atoms with E-state index < -0.39 is 33.9 Å². The zero-order valence-electron chi connectivity index (χ0n) is 19.2. The van der Waals surface area contributed by atoms with E-state index >= 15 is 0 Å². The molecule has 0 atom stereocenters. The monoisotopic (exact) mass is 494 g/mol. The van der Waals surface area contributed by atoms with Crippen LogP contribution in [0.25, 0.3) is 6.08 Å². The van der Waals surface area contributed by atoms with E-state index in [0.29, 0.717) is 28.4 Å². The van der Waals surface area contributed by atoms with Crippen LogP contribution in [0.1, 0.15) is 24.0 Å². The van der Waals surface area contributed by atoms with Crippen LogP contribution in [-0.2, 0) is 25.2 Å². The van der Waals surface area contributed by atoms with Crippen molar-refractivity contribution in [2.45, 2.75) is 18.6 Å². The first-order chi connectivity index (χ1) is 16.1. The first-order valence-electron chi connectivity index (χ1n) is 9.92. The molecule has 0 fully saturated rings. The summed E-state index contributed by atoms with van der Waals surface area (Å²) in [5.41, 5.74) is 0.748. The third-order valence-corrected chi connectivity index (χ3v) is 5.84. The Morgan fingerprint density at radius 3 is 2.00 bits per heavy atom. The van der Waals surface area contributed by atoms with Gasteiger partial charge >= 0.3 is 11.9 Å². The van der Waals surface area contributed by atoms with Crippen molar-refractivity contribution in [3.8, 4) is 28.7 Å². The first-order valence-corrected chi connectivity index (χ1v) is 11.6. The zero-order chi connectivity index (χ0) is 25.3. The van der Waals surface area contributed by atoms with Gasteiger partial charge in [0.25, 0.3) is 0 Å². The van der Waals surface area contributed by atoms with Gasteiger partial charge in [0.05, 0.1) is 52.6 Å². The third kappa shape index (κ3) is 7.41. The van der Waals surface area contributed by atoms with Crippen LogP contribution in [0.5, 0.6) is 28.7 Å². The maximum atomic E-state index is 12.8.